The topological polar surface area (TPSA) is 96.0 Å². The summed E-state index contributed by atoms with van der Waals surface area (Å²) in [5, 5.41) is 16.4. The van der Waals surface area contributed by atoms with E-state index in [9.17, 15) is 18.4 Å². The summed E-state index contributed by atoms with van der Waals surface area (Å²) in [6, 6.07) is 18.9. The standard InChI is InChI=1S/C24H19F2N5O2S/c25-17-12-10-16(11-13-17)22-30-31-24(34-22)29-21(32)20(14-15-6-2-1-3-7-15)28-23(33)27-19-9-5-4-8-18(19)26/h1-13,20H,14H2,(H2,27,28,33)(H,29,31,32). The molecular weight excluding hydrogens is 460 g/mol. The summed E-state index contributed by atoms with van der Waals surface area (Å²) in [7, 11) is 0. The molecule has 0 aliphatic carbocycles. The first-order valence-corrected chi connectivity index (χ1v) is 11.1. The highest BCUT2D eigenvalue weighted by molar-refractivity contribution is 7.18. The lowest BCUT2D eigenvalue weighted by molar-refractivity contribution is -0.117. The normalized spacial score (nSPS) is 11.5. The first-order valence-electron chi connectivity index (χ1n) is 10.2. The number of nitrogens with one attached hydrogen (secondary N) is 3. The Morgan fingerprint density at radius 1 is 0.853 bits per heavy atom. The van der Waals surface area contributed by atoms with Gasteiger partial charge in [0.15, 0.2) is 0 Å². The monoisotopic (exact) mass is 479 g/mol. The summed E-state index contributed by atoms with van der Waals surface area (Å²) in [5.74, 6) is -1.48. The average Bonchev–Trinajstić information content (AvgIpc) is 3.29. The molecular formula is C24H19F2N5O2S. The molecule has 1 aromatic heterocycles. The number of aromatic nitrogens is 2. The molecule has 1 atom stereocenters. The molecule has 7 nitrogen and oxygen atoms in total. The summed E-state index contributed by atoms with van der Waals surface area (Å²) in [6.45, 7) is 0. The van der Waals surface area contributed by atoms with Crippen molar-refractivity contribution in [3.05, 3.63) is 96.1 Å². The summed E-state index contributed by atoms with van der Waals surface area (Å²) in [5.41, 5.74) is 1.47. The van der Waals surface area contributed by atoms with E-state index in [1.807, 2.05) is 30.3 Å². The Labute approximate surface area is 197 Å². The number of amides is 3. The highest BCUT2D eigenvalue weighted by atomic mass is 32.1. The smallest absolute Gasteiger partial charge is 0.319 e. The molecule has 4 aromatic rings. The second-order valence-corrected chi connectivity index (χ2v) is 8.21. The Hall–Kier alpha value is -4.18. The van der Waals surface area contributed by atoms with Crippen molar-refractivity contribution in [1.29, 1.82) is 0 Å². The van der Waals surface area contributed by atoms with Crippen LogP contribution in [0.3, 0.4) is 0 Å². The molecule has 0 aliphatic heterocycles. The Bertz CT molecular complexity index is 1280. The van der Waals surface area contributed by atoms with Crippen molar-refractivity contribution in [3.8, 4) is 10.6 Å². The third-order valence-electron chi connectivity index (χ3n) is 4.77. The summed E-state index contributed by atoms with van der Waals surface area (Å²) in [6.07, 6.45) is 0.195. The van der Waals surface area contributed by atoms with Crippen LogP contribution in [0, 0.1) is 11.6 Å². The molecule has 0 bridgehead atoms. The largest absolute Gasteiger partial charge is 0.326 e. The maximum atomic E-state index is 13.9. The number of nitrogens with zero attached hydrogens (tertiary/aromatic N) is 2. The highest BCUT2D eigenvalue weighted by Crippen LogP contribution is 2.26. The van der Waals surface area contributed by atoms with Crippen molar-refractivity contribution in [1.82, 2.24) is 15.5 Å². The lowest BCUT2D eigenvalue weighted by Crippen LogP contribution is -2.47. The van der Waals surface area contributed by atoms with Crippen molar-refractivity contribution < 1.29 is 18.4 Å². The molecule has 0 aliphatic rings. The number of hydrogen-bond donors (Lipinski definition) is 3. The number of carbonyl (C=O) groups excluding carboxylic acids is 2. The third kappa shape index (κ3) is 5.99. The third-order valence-corrected chi connectivity index (χ3v) is 5.66. The van der Waals surface area contributed by atoms with E-state index >= 15 is 0 Å². The number of halogens is 2. The highest BCUT2D eigenvalue weighted by Gasteiger charge is 2.23. The minimum atomic E-state index is -0.979. The van der Waals surface area contributed by atoms with Crippen molar-refractivity contribution in [2.24, 2.45) is 0 Å². The van der Waals surface area contributed by atoms with Gasteiger partial charge in [-0.05, 0) is 42.0 Å². The van der Waals surface area contributed by atoms with Gasteiger partial charge in [0.1, 0.15) is 22.7 Å². The van der Waals surface area contributed by atoms with E-state index in [0.29, 0.717) is 10.6 Å². The lowest BCUT2D eigenvalue weighted by atomic mass is 10.1. The summed E-state index contributed by atoms with van der Waals surface area (Å²) in [4.78, 5) is 25.5. The summed E-state index contributed by atoms with van der Waals surface area (Å²) >= 11 is 1.11. The zero-order valence-corrected chi connectivity index (χ0v) is 18.5. The summed E-state index contributed by atoms with van der Waals surface area (Å²) < 4.78 is 27.0. The minimum Gasteiger partial charge on any atom is -0.326 e. The Kier molecular flexibility index (Phi) is 7.19. The Morgan fingerprint density at radius 3 is 2.29 bits per heavy atom. The number of carbonyl (C=O) groups is 2. The van der Waals surface area contributed by atoms with Gasteiger partial charge in [-0.2, -0.15) is 0 Å². The molecule has 0 radical (unpaired) electrons. The SMILES string of the molecule is O=C(Nc1ccccc1F)NC(Cc1ccccc1)C(=O)Nc1nnc(-c2ccc(F)cc2)s1. The van der Waals surface area contributed by atoms with E-state index in [0.717, 1.165) is 16.9 Å². The molecule has 0 fully saturated rings. The average molecular weight is 480 g/mol. The molecule has 10 heteroatoms. The van der Waals surface area contributed by atoms with Crippen LogP contribution >= 0.6 is 11.3 Å². The Morgan fingerprint density at radius 2 is 1.56 bits per heavy atom. The van der Waals surface area contributed by atoms with Crippen LogP contribution < -0.4 is 16.0 Å². The molecule has 0 saturated heterocycles. The van der Waals surface area contributed by atoms with Crippen LogP contribution in [0.5, 0.6) is 0 Å². The van der Waals surface area contributed by atoms with Crippen LogP contribution in [0.2, 0.25) is 0 Å². The van der Waals surface area contributed by atoms with E-state index in [1.54, 1.807) is 18.2 Å². The van der Waals surface area contributed by atoms with E-state index in [2.05, 4.69) is 26.1 Å². The predicted octanol–water partition coefficient (Wildman–Crippen LogP) is 4.85. The zero-order valence-electron chi connectivity index (χ0n) is 17.7. The predicted molar refractivity (Wildman–Crippen MR) is 126 cm³/mol. The van der Waals surface area contributed by atoms with Crippen molar-refractivity contribution in [2.75, 3.05) is 10.6 Å². The lowest BCUT2D eigenvalue weighted by Gasteiger charge is -2.18. The van der Waals surface area contributed by atoms with Crippen molar-refractivity contribution in [3.63, 3.8) is 0 Å². The van der Waals surface area contributed by atoms with Gasteiger partial charge < -0.3 is 10.6 Å². The molecule has 3 N–H and O–H groups in total. The minimum absolute atomic E-state index is 0.00747. The van der Waals surface area contributed by atoms with Gasteiger partial charge in [-0.3, -0.25) is 10.1 Å². The number of hydrogen-bond acceptors (Lipinski definition) is 5. The molecule has 172 valence electrons. The van der Waals surface area contributed by atoms with Crippen LogP contribution in [0.1, 0.15) is 5.56 Å². The number of urea groups is 1. The zero-order chi connectivity index (χ0) is 23.9. The first kappa shape index (κ1) is 23.0. The molecule has 34 heavy (non-hydrogen) atoms. The fourth-order valence-electron chi connectivity index (χ4n) is 3.11. The molecule has 0 saturated carbocycles. The van der Waals surface area contributed by atoms with E-state index < -0.39 is 23.8 Å². The van der Waals surface area contributed by atoms with Gasteiger partial charge in [-0.1, -0.05) is 53.8 Å². The van der Waals surface area contributed by atoms with Gasteiger partial charge in [0.25, 0.3) is 0 Å². The van der Waals surface area contributed by atoms with Gasteiger partial charge in [0.2, 0.25) is 11.0 Å². The fourth-order valence-corrected chi connectivity index (χ4v) is 3.87. The van der Waals surface area contributed by atoms with E-state index in [-0.39, 0.29) is 23.1 Å². The van der Waals surface area contributed by atoms with Crippen molar-refractivity contribution >= 4 is 34.1 Å². The van der Waals surface area contributed by atoms with Crippen LogP contribution in [-0.2, 0) is 11.2 Å². The van der Waals surface area contributed by atoms with Crippen LogP contribution in [-0.4, -0.2) is 28.2 Å². The van der Waals surface area contributed by atoms with Gasteiger partial charge in [-0.25, -0.2) is 13.6 Å². The van der Waals surface area contributed by atoms with Crippen LogP contribution in [0.15, 0.2) is 78.9 Å². The van der Waals surface area contributed by atoms with Crippen LogP contribution in [0.25, 0.3) is 10.6 Å². The molecule has 1 unspecified atom stereocenters. The Balaban J connectivity index is 1.48. The fraction of sp³-hybridized carbons (Fsp3) is 0.0833. The van der Waals surface area contributed by atoms with Crippen LogP contribution in [0.4, 0.5) is 24.4 Å². The van der Waals surface area contributed by atoms with Gasteiger partial charge >= 0.3 is 6.03 Å². The molecule has 1 heterocycles. The second-order valence-electron chi connectivity index (χ2n) is 7.23. The first-order chi connectivity index (χ1) is 16.5. The van der Waals surface area contributed by atoms with Gasteiger partial charge in [-0.15, -0.1) is 10.2 Å². The van der Waals surface area contributed by atoms with Crippen molar-refractivity contribution in [2.45, 2.75) is 12.5 Å². The molecule has 3 amide bonds. The maximum Gasteiger partial charge on any atom is 0.319 e. The number of benzene rings is 3. The van der Waals surface area contributed by atoms with Gasteiger partial charge in [0, 0.05) is 12.0 Å². The molecule has 0 spiro atoms. The quantitative estimate of drug-likeness (QED) is 0.353. The number of para-hydroxylation sites is 1. The maximum absolute atomic E-state index is 13.9. The second kappa shape index (κ2) is 10.6. The van der Waals surface area contributed by atoms with Gasteiger partial charge in [0.05, 0.1) is 5.69 Å². The van der Waals surface area contributed by atoms with E-state index in [1.165, 1.54) is 30.3 Å². The number of anilines is 2. The van der Waals surface area contributed by atoms with E-state index in [4.69, 9.17) is 0 Å². The number of rotatable bonds is 7. The molecule has 3 aromatic carbocycles. The molecule has 4 rings (SSSR count).